The van der Waals surface area contributed by atoms with Crippen molar-refractivity contribution in [3.05, 3.63) is 69.8 Å². The zero-order chi connectivity index (χ0) is 19.8. The van der Waals surface area contributed by atoms with Crippen LogP contribution in [0.2, 0.25) is 0 Å². The van der Waals surface area contributed by atoms with Crippen molar-refractivity contribution in [2.75, 3.05) is 6.54 Å². The van der Waals surface area contributed by atoms with Gasteiger partial charge in [-0.25, -0.2) is 0 Å². The van der Waals surface area contributed by atoms with Crippen LogP contribution in [-0.2, 0) is 14.3 Å². The molecule has 2 aromatic carbocycles. The first kappa shape index (κ1) is 18.3. The third-order valence-corrected chi connectivity index (χ3v) is 5.96. The zero-order valence-corrected chi connectivity index (χ0v) is 15.5. The van der Waals surface area contributed by atoms with E-state index in [1.54, 1.807) is 0 Å². The van der Waals surface area contributed by atoms with Gasteiger partial charge in [-0.1, -0.05) is 55.5 Å². The summed E-state index contributed by atoms with van der Waals surface area (Å²) in [6.07, 6.45) is -0.337. The molecule has 144 valence electrons. The van der Waals surface area contributed by atoms with Crippen LogP contribution in [0.15, 0.2) is 48.5 Å². The molecule has 0 heterocycles. The number of ether oxygens (including phenoxy) is 1. The molecule has 0 bridgehead atoms. The van der Waals surface area contributed by atoms with Crippen molar-refractivity contribution in [3.63, 3.8) is 0 Å². The highest BCUT2D eigenvalue weighted by atomic mass is 16.6. The molecule has 2 aliphatic carbocycles. The fourth-order valence-electron chi connectivity index (χ4n) is 4.60. The molecule has 0 aliphatic heterocycles. The molecule has 0 N–H and O–H groups in total. The van der Waals surface area contributed by atoms with E-state index in [9.17, 15) is 19.7 Å². The van der Waals surface area contributed by atoms with E-state index in [0.29, 0.717) is 0 Å². The Bertz CT molecular complexity index is 908. The van der Waals surface area contributed by atoms with E-state index in [0.717, 1.165) is 22.3 Å². The van der Waals surface area contributed by atoms with Gasteiger partial charge in [0.1, 0.15) is 5.78 Å². The van der Waals surface area contributed by atoms with Gasteiger partial charge in [-0.05, 0) is 17.0 Å². The van der Waals surface area contributed by atoms with E-state index in [-0.39, 0.29) is 31.1 Å². The lowest BCUT2D eigenvalue weighted by molar-refractivity contribution is -0.490. The van der Waals surface area contributed by atoms with Crippen molar-refractivity contribution in [3.8, 4) is 11.1 Å². The summed E-state index contributed by atoms with van der Waals surface area (Å²) in [6, 6.07) is 15.6. The lowest BCUT2D eigenvalue weighted by Crippen LogP contribution is -2.27. The summed E-state index contributed by atoms with van der Waals surface area (Å²) in [5, 5.41) is 11.0. The fourth-order valence-corrected chi connectivity index (χ4v) is 4.60. The van der Waals surface area contributed by atoms with Crippen molar-refractivity contribution in [1.82, 2.24) is 0 Å². The molecule has 6 nitrogen and oxygen atoms in total. The molecule has 0 saturated heterocycles. The van der Waals surface area contributed by atoms with E-state index in [1.807, 2.05) is 55.5 Å². The third-order valence-electron chi connectivity index (χ3n) is 5.96. The minimum absolute atomic E-state index is 0.0801. The van der Waals surface area contributed by atoms with Crippen molar-refractivity contribution < 1.29 is 19.2 Å². The van der Waals surface area contributed by atoms with Crippen LogP contribution in [0.1, 0.15) is 37.0 Å². The van der Waals surface area contributed by atoms with Gasteiger partial charge in [0.05, 0.1) is 6.42 Å². The normalized spacial score (nSPS) is 23.3. The van der Waals surface area contributed by atoms with Crippen LogP contribution in [-0.4, -0.2) is 23.2 Å². The minimum atomic E-state index is -0.639. The van der Waals surface area contributed by atoms with E-state index in [2.05, 4.69) is 0 Å². The number of benzene rings is 2. The number of nitrogens with zero attached hydrogens (tertiary/aromatic N) is 1. The molecule has 0 aromatic heterocycles. The first-order chi connectivity index (χ1) is 13.5. The molecule has 2 aromatic rings. The largest absolute Gasteiger partial charge is 0.452 e. The first-order valence-electron chi connectivity index (χ1n) is 9.48. The number of nitro groups is 1. The standard InChI is InChI=1S/C22H21NO5/c1-13-10-20(24)18(19(13)12-23(26)27)11-21(25)28-22-16-8-4-2-6-14(16)15-7-3-5-9-17(15)22/h2-9,13,18-19,22H,10-12H2,1H3/t13-,18-,19-/m1/s1. The van der Waals surface area contributed by atoms with E-state index < -0.39 is 28.8 Å². The number of carbonyl (C=O) groups excluding carboxylic acids is 2. The van der Waals surface area contributed by atoms with Gasteiger partial charge < -0.3 is 4.74 Å². The molecule has 3 atom stereocenters. The van der Waals surface area contributed by atoms with Crippen molar-refractivity contribution >= 4 is 11.8 Å². The quantitative estimate of drug-likeness (QED) is 0.448. The fraction of sp³-hybridized carbons (Fsp3) is 0.364. The number of rotatable bonds is 5. The highest BCUT2D eigenvalue weighted by molar-refractivity contribution is 5.88. The molecule has 28 heavy (non-hydrogen) atoms. The molecule has 0 unspecified atom stereocenters. The topological polar surface area (TPSA) is 86.5 Å². The lowest BCUT2D eigenvalue weighted by atomic mass is 9.88. The van der Waals surface area contributed by atoms with Crippen molar-refractivity contribution in [2.45, 2.75) is 25.9 Å². The number of hydrogen-bond donors (Lipinski definition) is 0. The summed E-state index contributed by atoms with van der Waals surface area (Å²) in [7, 11) is 0. The molecular formula is C22H21NO5. The molecular weight excluding hydrogens is 358 g/mol. The maximum Gasteiger partial charge on any atom is 0.307 e. The average Bonchev–Trinajstić information content (AvgIpc) is 3.11. The Kier molecular flexibility index (Phi) is 4.71. The summed E-state index contributed by atoms with van der Waals surface area (Å²) in [6.45, 7) is 1.54. The van der Waals surface area contributed by atoms with Crippen LogP contribution in [0.3, 0.4) is 0 Å². The van der Waals surface area contributed by atoms with Gasteiger partial charge in [0.15, 0.2) is 6.10 Å². The second-order valence-corrected chi connectivity index (χ2v) is 7.68. The Balaban J connectivity index is 1.54. The smallest absolute Gasteiger partial charge is 0.307 e. The SMILES string of the molecule is C[C@@H]1CC(=O)[C@H](CC(=O)OC2c3ccccc3-c3ccccc32)[C@@H]1C[N+](=O)[O-]. The second kappa shape index (κ2) is 7.19. The van der Waals surface area contributed by atoms with Crippen LogP contribution in [0, 0.1) is 27.9 Å². The Morgan fingerprint density at radius 2 is 1.68 bits per heavy atom. The van der Waals surface area contributed by atoms with Gasteiger partial charge in [-0.15, -0.1) is 0 Å². The summed E-state index contributed by atoms with van der Waals surface area (Å²) in [4.78, 5) is 35.6. The number of Topliss-reactive ketones (excluding diaryl/α,β-unsaturated/α-hetero) is 1. The second-order valence-electron chi connectivity index (χ2n) is 7.68. The summed E-state index contributed by atoms with van der Waals surface area (Å²) in [5.74, 6) is -1.72. The van der Waals surface area contributed by atoms with Crippen LogP contribution in [0.4, 0.5) is 0 Å². The lowest BCUT2D eigenvalue weighted by Gasteiger charge is -2.19. The van der Waals surface area contributed by atoms with Gasteiger partial charge in [-0.2, -0.15) is 0 Å². The summed E-state index contributed by atoms with van der Waals surface area (Å²) >= 11 is 0. The highest BCUT2D eigenvalue weighted by Crippen LogP contribution is 2.45. The number of carbonyl (C=O) groups is 2. The van der Waals surface area contributed by atoms with Crippen molar-refractivity contribution in [1.29, 1.82) is 0 Å². The summed E-state index contributed by atoms with van der Waals surface area (Å²) < 4.78 is 5.80. The maximum atomic E-state index is 12.7. The average molecular weight is 379 g/mol. The Morgan fingerprint density at radius 3 is 2.25 bits per heavy atom. The highest BCUT2D eigenvalue weighted by Gasteiger charge is 2.44. The van der Waals surface area contributed by atoms with Gasteiger partial charge in [-0.3, -0.25) is 19.7 Å². The monoisotopic (exact) mass is 379 g/mol. The predicted octanol–water partition coefficient (Wildman–Crippen LogP) is 3.81. The van der Waals surface area contributed by atoms with Gasteiger partial charge >= 0.3 is 5.97 Å². The van der Waals surface area contributed by atoms with E-state index in [1.165, 1.54) is 0 Å². The Labute approximate surface area is 162 Å². The van der Waals surface area contributed by atoms with Crippen LogP contribution >= 0.6 is 0 Å². The molecule has 1 fully saturated rings. The predicted molar refractivity (Wildman–Crippen MR) is 102 cm³/mol. The first-order valence-corrected chi connectivity index (χ1v) is 9.48. The Morgan fingerprint density at radius 1 is 1.11 bits per heavy atom. The van der Waals surface area contributed by atoms with E-state index in [4.69, 9.17) is 4.74 Å². The number of esters is 1. The molecule has 2 aliphatic rings. The number of hydrogen-bond acceptors (Lipinski definition) is 5. The molecule has 0 spiro atoms. The van der Waals surface area contributed by atoms with Crippen LogP contribution in [0.25, 0.3) is 11.1 Å². The third kappa shape index (κ3) is 3.19. The molecule has 1 saturated carbocycles. The molecule has 6 heteroatoms. The van der Waals surface area contributed by atoms with E-state index >= 15 is 0 Å². The van der Waals surface area contributed by atoms with Gasteiger partial charge in [0.25, 0.3) is 0 Å². The number of fused-ring (bicyclic) bond motifs is 3. The molecule has 0 amide bonds. The van der Waals surface area contributed by atoms with Gasteiger partial charge in [0, 0.05) is 34.3 Å². The molecule has 4 rings (SSSR count). The van der Waals surface area contributed by atoms with Crippen LogP contribution < -0.4 is 0 Å². The maximum absolute atomic E-state index is 12.7. The minimum Gasteiger partial charge on any atom is -0.452 e. The Hall–Kier alpha value is -3.02. The summed E-state index contributed by atoms with van der Waals surface area (Å²) in [5.41, 5.74) is 3.91. The molecule has 0 radical (unpaired) electrons. The van der Waals surface area contributed by atoms with Crippen LogP contribution in [0.5, 0.6) is 0 Å². The number of ketones is 1. The van der Waals surface area contributed by atoms with Gasteiger partial charge in [0.2, 0.25) is 6.54 Å². The zero-order valence-electron chi connectivity index (χ0n) is 15.5. The van der Waals surface area contributed by atoms with Crippen molar-refractivity contribution in [2.24, 2.45) is 17.8 Å².